The average molecular weight is 376 g/mol. The van der Waals surface area contributed by atoms with E-state index in [0.29, 0.717) is 17.7 Å². The van der Waals surface area contributed by atoms with Gasteiger partial charge in [-0.1, -0.05) is 57.9 Å². The van der Waals surface area contributed by atoms with E-state index in [0.717, 1.165) is 12.8 Å². The molecule has 5 nitrogen and oxygen atoms in total. The first-order valence-electron chi connectivity index (χ1n) is 10.1. The SMILES string of the molecule is CCCCCCCCCCOc1c(OC(C)C)c(=O)oc2c(O)cccc12. The maximum Gasteiger partial charge on any atom is 0.383 e. The zero-order valence-electron chi connectivity index (χ0n) is 16.8. The molecule has 1 heterocycles. The second-order valence-corrected chi connectivity index (χ2v) is 7.19. The predicted molar refractivity (Wildman–Crippen MR) is 108 cm³/mol. The molecule has 0 bridgehead atoms. The van der Waals surface area contributed by atoms with Crippen LogP contribution < -0.4 is 15.1 Å². The topological polar surface area (TPSA) is 68.9 Å². The summed E-state index contributed by atoms with van der Waals surface area (Å²) in [7, 11) is 0. The molecule has 2 rings (SSSR count). The Labute approximate surface area is 161 Å². The normalized spacial score (nSPS) is 11.3. The maximum atomic E-state index is 12.3. The van der Waals surface area contributed by atoms with Crippen molar-refractivity contribution in [3.8, 4) is 17.2 Å². The maximum absolute atomic E-state index is 12.3. The van der Waals surface area contributed by atoms with Crippen LogP contribution in [0.1, 0.15) is 72.1 Å². The Morgan fingerprint density at radius 3 is 2.33 bits per heavy atom. The van der Waals surface area contributed by atoms with E-state index >= 15 is 0 Å². The first-order valence-corrected chi connectivity index (χ1v) is 10.1. The van der Waals surface area contributed by atoms with Gasteiger partial charge in [-0.15, -0.1) is 0 Å². The molecule has 0 amide bonds. The second-order valence-electron chi connectivity index (χ2n) is 7.19. The van der Waals surface area contributed by atoms with E-state index in [4.69, 9.17) is 13.9 Å². The van der Waals surface area contributed by atoms with E-state index in [1.807, 2.05) is 13.8 Å². The highest BCUT2D eigenvalue weighted by molar-refractivity contribution is 5.89. The molecule has 0 atom stereocenters. The lowest BCUT2D eigenvalue weighted by Crippen LogP contribution is -2.15. The first-order chi connectivity index (χ1) is 13.0. The molecule has 0 aliphatic rings. The number of hydrogen-bond acceptors (Lipinski definition) is 5. The number of aromatic hydroxyl groups is 1. The van der Waals surface area contributed by atoms with Crippen molar-refractivity contribution in [2.75, 3.05) is 6.61 Å². The van der Waals surface area contributed by atoms with Crippen LogP contribution >= 0.6 is 0 Å². The number of phenolic OH excluding ortho intramolecular Hbond substituents is 1. The van der Waals surface area contributed by atoms with Gasteiger partial charge in [0.15, 0.2) is 17.1 Å². The summed E-state index contributed by atoms with van der Waals surface area (Å²) in [5.41, 5.74) is -0.506. The monoisotopic (exact) mass is 376 g/mol. The van der Waals surface area contributed by atoms with Crippen LogP contribution in [-0.4, -0.2) is 17.8 Å². The molecule has 27 heavy (non-hydrogen) atoms. The molecule has 0 saturated heterocycles. The zero-order chi connectivity index (χ0) is 19.6. The molecule has 5 heteroatoms. The summed E-state index contributed by atoms with van der Waals surface area (Å²) in [6.07, 6.45) is 9.47. The Morgan fingerprint density at radius 2 is 1.67 bits per heavy atom. The molecule has 0 fully saturated rings. The van der Waals surface area contributed by atoms with E-state index in [2.05, 4.69) is 6.92 Å². The summed E-state index contributed by atoms with van der Waals surface area (Å²) in [5, 5.41) is 10.5. The van der Waals surface area contributed by atoms with Gasteiger partial charge in [0.2, 0.25) is 5.75 Å². The lowest BCUT2D eigenvalue weighted by atomic mass is 10.1. The van der Waals surface area contributed by atoms with Gasteiger partial charge in [0.25, 0.3) is 0 Å². The van der Waals surface area contributed by atoms with E-state index in [1.165, 1.54) is 44.6 Å². The molecular weight excluding hydrogens is 344 g/mol. The van der Waals surface area contributed by atoms with Gasteiger partial charge in [-0.3, -0.25) is 0 Å². The molecule has 0 radical (unpaired) electrons. The van der Waals surface area contributed by atoms with Crippen LogP contribution in [0.5, 0.6) is 17.2 Å². The fourth-order valence-electron chi connectivity index (χ4n) is 3.06. The molecular formula is C22H32O5. The number of hydrogen-bond donors (Lipinski definition) is 1. The van der Waals surface area contributed by atoms with Gasteiger partial charge in [-0.25, -0.2) is 4.79 Å². The third-order valence-corrected chi connectivity index (χ3v) is 4.42. The molecule has 0 aliphatic heterocycles. The minimum atomic E-state index is -0.636. The third kappa shape index (κ3) is 6.19. The van der Waals surface area contributed by atoms with Crippen LogP contribution in [-0.2, 0) is 0 Å². The van der Waals surface area contributed by atoms with Crippen molar-refractivity contribution in [1.82, 2.24) is 0 Å². The van der Waals surface area contributed by atoms with Crippen molar-refractivity contribution in [2.24, 2.45) is 0 Å². The van der Waals surface area contributed by atoms with Gasteiger partial charge in [-0.2, -0.15) is 0 Å². The van der Waals surface area contributed by atoms with Gasteiger partial charge in [-0.05, 0) is 32.4 Å². The molecule has 0 unspecified atom stereocenters. The van der Waals surface area contributed by atoms with Crippen molar-refractivity contribution in [3.05, 3.63) is 28.6 Å². The highest BCUT2D eigenvalue weighted by Gasteiger charge is 2.20. The fourth-order valence-corrected chi connectivity index (χ4v) is 3.06. The summed E-state index contributed by atoms with van der Waals surface area (Å²) < 4.78 is 16.8. The van der Waals surface area contributed by atoms with Gasteiger partial charge >= 0.3 is 5.63 Å². The standard InChI is InChI=1S/C22H32O5/c1-4-5-6-7-8-9-10-11-15-25-20-17-13-12-14-18(23)19(17)27-22(24)21(20)26-16(2)3/h12-14,16,23H,4-11,15H2,1-3H3. The number of ether oxygens (including phenoxy) is 2. The Balaban J connectivity index is 2.02. The largest absolute Gasteiger partial charge is 0.504 e. The predicted octanol–water partition coefficient (Wildman–Crippen LogP) is 5.81. The van der Waals surface area contributed by atoms with Gasteiger partial charge in [0.05, 0.1) is 18.1 Å². The minimum Gasteiger partial charge on any atom is -0.504 e. The molecule has 1 N–H and O–H groups in total. The van der Waals surface area contributed by atoms with Crippen LogP contribution in [0, 0.1) is 0 Å². The van der Waals surface area contributed by atoms with Gasteiger partial charge < -0.3 is 19.0 Å². The fraction of sp³-hybridized carbons (Fsp3) is 0.591. The lowest BCUT2D eigenvalue weighted by molar-refractivity contribution is 0.210. The smallest absolute Gasteiger partial charge is 0.383 e. The van der Waals surface area contributed by atoms with Crippen LogP contribution in [0.2, 0.25) is 0 Å². The highest BCUT2D eigenvalue weighted by atomic mass is 16.5. The number of para-hydroxylation sites is 1. The highest BCUT2D eigenvalue weighted by Crippen LogP contribution is 2.36. The molecule has 2 aromatic rings. The van der Waals surface area contributed by atoms with Gasteiger partial charge in [0.1, 0.15) is 0 Å². The summed E-state index contributed by atoms with van der Waals surface area (Å²) >= 11 is 0. The van der Waals surface area contributed by atoms with Crippen LogP contribution in [0.4, 0.5) is 0 Å². The van der Waals surface area contributed by atoms with E-state index in [9.17, 15) is 9.90 Å². The van der Waals surface area contributed by atoms with Crippen LogP contribution in [0.3, 0.4) is 0 Å². The van der Waals surface area contributed by atoms with Gasteiger partial charge in [0, 0.05) is 0 Å². The third-order valence-electron chi connectivity index (χ3n) is 4.42. The van der Waals surface area contributed by atoms with Crippen molar-refractivity contribution >= 4 is 11.0 Å². The Hall–Kier alpha value is -2.17. The first kappa shape index (κ1) is 21.1. The van der Waals surface area contributed by atoms with Crippen molar-refractivity contribution in [1.29, 1.82) is 0 Å². The minimum absolute atomic E-state index is 0.0719. The molecule has 0 aliphatic carbocycles. The quantitative estimate of drug-likeness (QED) is 0.374. The Kier molecular flexibility index (Phi) is 8.49. The number of benzene rings is 1. The molecule has 1 aromatic carbocycles. The van der Waals surface area contributed by atoms with E-state index in [-0.39, 0.29) is 23.2 Å². The summed E-state index contributed by atoms with van der Waals surface area (Å²) in [6.45, 7) is 6.41. The van der Waals surface area contributed by atoms with Crippen LogP contribution in [0.25, 0.3) is 11.0 Å². The van der Waals surface area contributed by atoms with E-state index < -0.39 is 5.63 Å². The molecule has 1 aromatic heterocycles. The van der Waals surface area contributed by atoms with Crippen molar-refractivity contribution in [2.45, 2.75) is 78.2 Å². The van der Waals surface area contributed by atoms with Crippen LogP contribution in [0.15, 0.2) is 27.4 Å². The second kappa shape index (κ2) is 10.9. The summed E-state index contributed by atoms with van der Waals surface area (Å²) in [6, 6.07) is 4.94. The lowest BCUT2D eigenvalue weighted by Gasteiger charge is -2.15. The zero-order valence-corrected chi connectivity index (χ0v) is 16.8. The molecule has 0 spiro atoms. The summed E-state index contributed by atoms with van der Waals surface area (Å²) in [4.78, 5) is 12.3. The Morgan fingerprint density at radius 1 is 1.00 bits per heavy atom. The summed E-state index contributed by atoms with van der Waals surface area (Å²) in [5.74, 6) is 0.342. The molecule has 0 saturated carbocycles. The number of fused-ring (bicyclic) bond motifs is 1. The Bertz CT molecular complexity index is 763. The number of phenols is 1. The average Bonchev–Trinajstić information content (AvgIpc) is 2.63. The molecule has 150 valence electrons. The van der Waals surface area contributed by atoms with Crippen molar-refractivity contribution in [3.63, 3.8) is 0 Å². The van der Waals surface area contributed by atoms with Crippen molar-refractivity contribution < 1.29 is 19.0 Å². The number of unbranched alkanes of at least 4 members (excludes halogenated alkanes) is 7. The number of rotatable bonds is 12. The van der Waals surface area contributed by atoms with E-state index in [1.54, 1.807) is 12.1 Å².